The lowest BCUT2D eigenvalue weighted by atomic mass is 10.2. The standard InChI is InChI=1S/C15H27N5O2S/c1-5-16-15(18-8-13(21)17-6-7-22-4)19-9-14-20-12(10-23-14)11(2)3/h10-11H,5-9H2,1-4H3,(H,17,21)(H2,16,18,19). The van der Waals surface area contributed by atoms with Crippen molar-refractivity contribution in [2.45, 2.75) is 33.2 Å². The lowest BCUT2D eigenvalue weighted by Crippen LogP contribution is -2.38. The molecule has 0 atom stereocenters. The number of guanidine groups is 1. The van der Waals surface area contributed by atoms with E-state index in [-0.39, 0.29) is 12.5 Å². The van der Waals surface area contributed by atoms with Crippen LogP contribution >= 0.6 is 11.3 Å². The highest BCUT2D eigenvalue weighted by Crippen LogP contribution is 2.17. The molecular formula is C15H27N5O2S. The fourth-order valence-corrected chi connectivity index (χ4v) is 2.57. The number of nitrogens with zero attached hydrogens (tertiary/aromatic N) is 2. The number of thiazole rings is 1. The average molecular weight is 341 g/mol. The van der Waals surface area contributed by atoms with E-state index in [2.05, 4.69) is 45.2 Å². The molecule has 0 aromatic carbocycles. The molecule has 1 aromatic rings. The SMILES string of the molecule is CCNC(=NCC(=O)NCCOC)NCc1nc(C(C)C)cs1. The predicted octanol–water partition coefficient (Wildman–Crippen LogP) is 1.08. The summed E-state index contributed by atoms with van der Waals surface area (Å²) < 4.78 is 4.88. The van der Waals surface area contributed by atoms with Crippen molar-refractivity contribution < 1.29 is 9.53 Å². The molecule has 0 radical (unpaired) electrons. The van der Waals surface area contributed by atoms with E-state index < -0.39 is 0 Å². The fourth-order valence-electron chi connectivity index (χ4n) is 1.67. The van der Waals surface area contributed by atoms with E-state index in [4.69, 9.17) is 4.74 Å². The fraction of sp³-hybridized carbons (Fsp3) is 0.667. The highest BCUT2D eigenvalue weighted by Gasteiger charge is 2.07. The maximum atomic E-state index is 11.6. The van der Waals surface area contributed by atoms with Gasteiger partial charge in [0.15, 0.2) is 5.96 Å². The van der Waals surface area contributed by atoms with Crippen molar-refractivity contribution >= 4 is 23.2 Å². The second kappa shape index (κ2) is 11.0. The molecule has 7 nitrogen and oxygen atoms in total. The van der Waals surface area contributed by atoms with Gasteiger partial charge in [-0.25, -0.2) is 9.98 Å². The van der Waals surface area contributed by atoms with Crippen molar-refractivity contribution in [1.82, 2.24) is 20.9 Å². The number of hydrogen-bond donors (Lipinski definition) is 3. The summed E-state index contributed by atoms with van der Waals surface area (Å²) in [5.41, 5.74) is 1.10. The molecule has 0 aliphatic heterocycles. The Labute approximate surface area is 141 Å². The van der Waals surface area contributed by atoms with Crippen LogP contribution in [-0.4, -0.2) is 50.2 Å². The zero-order valence-corrected chi connectivity index (χ0v) is 15.1. The van der Waals surface area contributed by atoms with Gasteiger partial charge in [-0.05, 0) is 12.8 Å². The number of amides is 1. The van der Waals surface area contributed by atoms with Crippen LogP contribution in [0.25, 0.3) is 0 Å². The Morgan fingerprint density at radius 3 is 2.78 bits per heavy atom. The molecule has 0 fully saturated rings. The van der Waals surface area contributed by atoms with Crippen molar-refractivity contribution in [3.8, 4) is 0 Å². The number of methoxy groups -OCH3 is 1. The van der Waals surface area contributed by atoms with Crippen LogP contribution in [0.4, 0.5) is 0 Å². The van der Waals surface area contributed by atoms with Crippen molar-refractivity contribution in [2.75, 3.05) is 33.4 Å². The van der Waals surface area contributed by atoms with Gasteiger partial charge < -0.3 is 20.7 Å². The molecule has 0 aliphatic carbocycles. The summed E-state index contributed by atoms with van der Waals surface area (Å²) in [6, 6.07) is 0. The van der Waals surface area contributed by atoms with Gasteiger partial charge in [-0.3, -0.25) is 4.79 Å². The Bertz CT molecular complexity index is 502. The summed E-state index contributed by atoms with van der Waals surface area (Å²) in [6.45, 7) is 8.62. The molecule has 0 spiro atoms. The highest BCUT2D eigenvalue weighted by atomic mass is 32.1. The van der Waals surface area contributed by atoms with Gasteiger partial charge in [-0.1, -0.05) is 13.8 Å². The number of aromatic nitrogens is 1. The molecule has 0 bridgehead atoms. The molecule has 0 aliphatic rings. The van der Waals surface area contributed by atoms with Gasteiger partial charge in [0.25, 0.3) is 0 Å². The van der Waals surface area contributed by atoms with E-state index in [1.165, 1.54) is 0 Å². The molecule has 8 heteroatoms. The topological polar surface area (TPSA) is 87.6 Å². The second-order valence-corrected chi connectivity index (χ2v) is 6.15. The largest absolute Gasteiger partial charge is 0.383 e. The van der Waals surface area contributed by atoms with Crippen LogP contribution in [0.15, 0.2) is 10.4 Å². The van der Waals surface area contributed by atoms with Gasteiger partial charge in [0.1, 0.15) is 11.6 Å². The number of rotatable bonds is 9. The van der Waals surface area contributed by atoms with Crippen molar-refractivity contribution in [1.29, 1.82) is 0 Å². The Kier molecular flexibility index (Phi) is 9.23. The molecule has 1 aromatic heterocycles. The zero-order chi connectivity index (χ0) is 17.1. The molecule has 130 valence electrons. The van der Waals surface area contributed by atoms with E-state index in [1.54, 1.807) is 18.4 Å². The van der Waals surface area contributed by atoms with Gasteiger partial charge in [0.05, 0.1) is 18.8 Å². The Hall–Kier alpha value is -1.67. The van der Waals surface area contributed by atoms with E-state index in [1.807, 2.05) is 6.92 Å². The summed E-state index contributed by atoms with van der Waals surface area (Å²) in [5.74, 6) is 0.906. The number of ether oxygens (including phenoxy) is 1. The molecule has 3 N–H and O–H groups in total. The molecule has 0 unspecified atom stereocenters. The third kappa shape index (κ3) is 7.94. The maximum absolute atomic E-state index is 11.6. The molecular weight excluding hydrogens is 314 g/mol. The van der Waals surface area contributed by atoms with Gasteiger partial charge in [-0.15, -0.1) is 11.3 Å². The molecule has 1 heterocycles. The minimum Gasteiger partial charge on any atom is -0.383 e. The Balaban J connectivity index is 2.46. The van der Waals surface area contributed by atoms with Gasteiger partial charge in [0, 0.05) is 25.6 Å². The number of carbonyl (C=O) groups is 1. The van der Waals surface area contributed by atoms with Crippen molar-refractivity contribution in [3.05, 3.63) is 16.1 Å². The van der Waals surface area contributed by atoms with Crippen LogP contribution in [-0.2, 0) is 16.1 Å². The number of nitrogens with one attached hydrogen (secondary N) is 3. The quantitative estimate of drug-likeness (QED) is 0.355. The normalized spacial score (nSPS) is 11.6. The summed E-state index contributed by atoms with van der Waals surface area (Å²) >= 11 is 1.63. The number of hydrogen-bond acceptors (Lipinski definition) is 5. The smallest absolute Gasteiger partial charge is 0.241 e. The number of aliphatic imine (C=N–C) groups is 1. The van der Waals surface area contributed by atoms with E-state index in [0.717, 1.165) is 17.2 Å². The minimum absolute atomic E-state index is 0.0775. The molecule has 1 amide bonds. The average Bonchev–Trinajstić information content (AvgIpc) is 2.99. The van der Waals surface area contributed by atoms with E-state index >= 15 is 0 Å². The molecule has 0 saturated carbocycles. The van der Waals surface area contributed by atoms with Crippen LogP contribution in [0.2, 0.25) is 0 Å². The molecule has 0 saturated heterocycles. The molecule has 1 rings (SSSR count). The predicted molar refractivity (Wildman–Crippen MR) is 93.9 cm³/mol. The first-order chi connectivity index (χ1) is 11.1. The zero-order valence-electron chi connectivity index (χ0n) is 14.3. The van der Waals surface area contributed by atoms with Crippen molar-refractivity contribution in [2.24, 2.45) is 4.99 Å². The van der Waals surface area contributed by atoms with Crippen LogP contribution in [0, 0.1) is 0 Å². The van der Waals surface area contributed by atoms with Crippen LogP contribution in [0.1, 0.15) is 37.4 Å². The Morgan fingerprint density at radius 1 is 1.39 bits per heavy atom. The third-order valence-electron chi connectivity index (χ3n) is 2.92. The van der Waals surface area contributed by atoms with Gasteiger partial charge in [0.2, 0.25) is 5.91 Å². The van der Waals surface area contributed by atoms with Gasteiger partial charge in [-0.2, -0.15) is 0 Å². The number of carbonyl (C=O) groups excluding carboxylic acids is 1. The maximum Gasteiger partial charge on any atom is 0.241 e. The molecule has 23 heavy (non-hydrogen) atoms. The van der Waals surface area contributed by atoms with Gasteiger partial charge >= 0.3 is 0 Å². The lowest BCUT2D eigenvalue weighted by molar-refractivity contribution is -0.119. The monoisotopic (exact) mass is 341 g/mol. The first-order valence-corrected chi connectivity index (χ1v) is 8.66. The van der Waals surface area contributed by atoms with E-state index in [0.29, 0.717) is 31.6 Å². The second-order valence-electron chi connectivity index (χ2n) is 5.21. The summed E-state index contributed by atoms with van der Waals surface area (Å²) in [6.07, 6.45) is 0. The lowest BCUT2D eigenvalue weighted by Gasteiger charge is -2.10. The van der Waals surface area contributed by atoms with E-state index in [9.17, 15) is 4.79 Å². The highest BCUT2D eigenvalue weighted by molar-refractivity contribution is 7.09. The summed E-state index contributed by atoms with van der Waals surface area (Å²) in [4.78, 5) is 20.5. The van der Waals surface area contributed by atoms with Crippen molar-refractivity contribution in [3.63, 3.8) is 0 Å². The summed E-state index contributed by atoms with van der Waals surface area (Å²) in [5, 5.41) is 12.1. The van der Waals surface area contributed by atoms with Crippen LogP contribution in [0.3, 0.4) is 0 Å². The first kappa shape index (κ1) is 19.4. The minimum atomic E-state index is -0.129. The first-order valence-electron chi connectivity index (χ1n) is 7.78. The van der Waals surface area contributed by atoms with Crippen LogP contribution in [0.5, 0.6) is 0 Å². The third-order valence-corrected chi connectivity index (χ3v) is 3.79. The Morgan fingerprint density at radius 2 is 2.17 bits per heavy atom. The summed E-state index contributed by atoms with van der Waals surface area (Å²) in [7, 11) is 1.60. The van der Waals surface area contributed by atoms with Crippen LogP contribution < -0.4 is 16.0 Å².